The molecule has 3 rings (SSSR count). The molecule has 1 aliphatic rings. The lowest BCUT2D eigenvalue weighted by molar-refractivity contribution is 0.0248. The fourth-order valence-electron chi connectivity index (χ4n) is 2.62. The van der Waals surface area contributed by atoms with Crippen LogP contribution in [0.3, 0.4) is 0 Å². The first-order valence-corrected chi connectivity index (χ1v) is 7.42. The van der Waals surface area contributed by atoms with Gasteiger partial charge in [-0.15, -0.1) is 0 Å². The van der Waals surface area contributed by atoms with Gasteiger partial charge in [0.25, 0.3) is 5.91 Å². The summed E-state index contributed by atoms with van der Waals surface area (Å²) in [6.07, 6.45) is 0.358. The van der Waals surface area contributed by atoms with Gasteiger partial charge in [0, 0.05) is 31.1 Å². The third kappa shape index (κ3) is 2.87. The minimum Gasteiger partial charge on any atom is -0.391 e. The van der Waals surface area contributed by atoms with Crippen molar-refractivity contribution in [3.63, 3.8) is 0 Å². The van der Waals surface area contributed by atoms with Crippen LogP contribution in [-0.2, 0) is 0 Å². The Hall–Kier alpha value is -2.21. The molecule has 2 heterocycles. The van der Waals surface area contributed by atoms with Gasteiger partial charge in [0.1, 0.15) is 0 Å². The van der Waals surface area contributed by atoms with Crippen LogP contribution in [0.1, 0.15) is 29.6 Å². The van der Waals surface area contributed by atoms with E-state index in [1.165, 1.54) is 0 Å². The van der Waals surface area contributed by atoms with E-state index in [0.717, 1.165) is 12.0 Å². The first kappa shape index (κ1) is 14.7. The first-order chi connectivity index (χ1) is 10.5. The number of hydrogen-bond donors (Lipinski definition) is 1. The molecule has 1 saturated heterocycles. The van der Waals surface area contributed by atoms with Crippen LogP contribution in [0.2, 0.25) is 0 Å². The Kier molecular flexibility index (Phi) is 3.94. The van der Waals surface area contributed by atoms with Gasteiger partial charge in [-0.2, -0.15) is 4.98 Å². The number of rotatable bonds is 2. The van der Waals surface area contributed by atoms with Crippen molar-refractivity contribution < 1.29 is 14.4 Å². The van der Waals surface area contributed by atoms with E-state index in [4.69, 9.17) is 4.52 Å². The largest absolute Gasteiger partial charge is 0.391 e. The molecule has 0 radical (unpaired) electrons. The maximum atomic E-state index is 12.6. The molecule has 2 aromatic rings. The number of aliphatic hydroxyl groups excluding tert-OH is 1. The highest BCUT2D eigenvalue weighted by molar-refractivity contribution is 5.95. The van der Waals surface area contributed by atoms with E-state index in [1.807, 2.05) is 13.0 Å². The van der Waals surface area contributed by atoms with Crippen molar-refractivity contribution in [1.82, 2.24) is 15.0 Å². The highest BCUT2D eigenvalue weighted by atomic mass is 16.5. The van der Waals surface area contributed by atoms with Gasteiger partial charge in [0.15, 0.2) is 0 Å². The molecule has 116 valence electrons. The second kappa shape index (κ2) is 5.88. The summed E-state index contributed by atoms with van der Waals surface area (Å²) in [5, 5.41) is 13.8. The maximum Gasteiger partial charge on any atom is 0.253 e. The van der Waals surface area contributed by atoms with Gasteiger partial charge in [0.2, 0.25) is 11.7 Å². The van der Waals surface area contributed by atoms with E-state index in [1.54, 1.807) is 30.0 Å². The van der Waals surface area contributed by atoms with Gasteiger partial charge >= 0.3 is 0 Å². The highest BCUT2D eigenvalue weighted by Gasteiger charge is 2.28. The van der Waals surface area contributed by atoms with Crippen molar-refractivity contribution in [2.45, 2.75) is 26.4 Å². The molecule has 0 spiro atoms. The molecular weight excluding hydrogens is 282 g/mol. The molecule has 1 amide bonds. The summed E-state index contributed by atoms with van der Waals surface area (Å²) < 4.78 is 4.97. The van der Waals surface area contributed by atoms with Crippen molar-refractivity contribution in [2.24, 2.45) is 5.92 Å². The predicted molar refractivity (Wildman–Crippen MR) is 80.2 cm³/mol. The normalized spacial score (nSPS) is 21.9. The molecule has 1 aliphatic heterocycles. The summed E-state index contributed by atoms with van der Waals surface area (Å²) in [5.74, 6) is 1.12. The zero-order valence-corrected chi connectivity index (χ0v) is 12.7. The quantitative estimate of drug-likeness (QED) is 0.916. The molecule has 1 aromatic carbocycles. The number of likely N-dealkylation sites (tertiary alicyclic amines) is 1. The van der Waals surface area contributed by atoms with Crippen LogP contribution in [-0.4, -0.2) is 45.2 Å². The van der Waals surface area contributed by atoms with Crippen LogP contribution >= 0.6 is 0 Å². The summed E-state index contributed by atoms with van der Waals surface area (Å²) in [7, 11) is 0. The third-order valence-electron chi connectivity index (χ3n) is 4.10. The second-order valence-electron chi connectivity index (χ2n) is 5.80. The summed E-state index contributed by atoms with van der Waals surface area (Å²) in [4.78, 5) is 18.5. The Morgan fingerprint density at radius 3 is 2.95 bits per heavy atom. The van der Waals surface area contributed by atoms with Crippen LogP contribution in [0.4, 0.5) is 0 Å². The lowest BCUT2D eigenvalue weighted by Gasteiger charge is -2.34. The van der Waals surface area contributed by atoms with Crippen LogP contribution < -0.4 is 0 Å². The minimum absolute atomic E-state index is 0.0759. The maximum absolute atomic E-state index is 12.6. The average Bonchev–Trinajstić information content (AvgIpc) is 2.96. The molecule has 6 heteroatoms. The van der Waals surface area contributed by atoms with Gasteiger partial charge in [-0.3, -0.25) is 4.79 Å². The number of β-amino-alcohol motifs (C(OH)–C–C–N with tert-alkyl or cyclic N) is 1. The average molecular weight is 301 g/mol. The summed E-state index contributed by atoms with van der Waals surface area (Å²) in [6.45, 7) is 4.78. The second-order valence-corrected chi connectivity index (χ2v) is 5.80. The van der Waals surface area contributed by atoms with Gasteiger partial charge in [-0.05, 0) is 24.5 Å². The molecule has 22 heavy (non-hydrogen) atoms. The zero-order valence-electron chi connectivity index (χ0n) is 12.7. The van der Waals surface area contributed by atoms with Crippen LogP contribution in [0.15, 0.2) is 28.8 Å². The number of amides is 1. The van der Waals surface area contributed by atoms with E-state index in [0.29, 0.717) is 30.4 Å². The summed E-state index contributed by atoms with van der Waals surface area (Å²) >= 11 is 0. The topological polar surface area (TPSA) is 79.5 Å². The van der Waals surface area contributed by atoms with Gasteiger partial charge in [-0.25, -0.2) is 0 Å². The van der Waals surface area contributed by atoms with Gasteiger partial charge < -0.3 is 14.5 Å². The molecule has 1 fully saturated rings. The van der Waals surface area contributed by atoms with Gasteiger partial charge in [-0.1, -0.05) is 24.2 Å². The number of aryl methyl sites for hydroxylation is 1. The van der Waals surface area contributed by atoms with E-state index in [2.05, 4.69) is 10.1 Å². The van der Waals surface area contributed by atoms with Crippen molar-refractivity contribution in [3.8, 4) is 11.4 Å². The standard InChI is InChI=1S/C16H19N3O3/c1-10-6-7-19(9-14(10)20)16(21)13-5-3-4-12(8-13)15-17-11(2)22-18-15/h3-5,8,10,14,20H,6-7,9H2,1-2H3. The molecular formula is C16H19N3O3. The van der Waals surface area contributed by atoms with Crippen LogP contribution in [0, 0.1) is 12.8 Å². The van der Waals surface area contributed by atoms with E-state index < -0.39 is 6.10 Å². The Labute approximate surface area is 128 Å². The number of benzene rings is 1. The van der Waals surface area contributed by atoms with Crippen LogP contribution in [0.25, 0.3) is 11.4 Å². The molecule has 1 N–H and O–H groups in total. The number of carbonyl (C=O) groups excluding carboxylic acids is 1. The first-order valence-electron chi connectivity index (χ1n) is 7.42. The smallest absolute Gasteiger partial charge is 0.253 e. The summed E-state index contributed by atoms with van der Waals surface area (Å²) in [5.41, 5.74) is 1.32. The molecule has 2 unspecified atom stereocenters. The van der Waals surface area contributed by atoms with E-state index in [9.17, 15) is 9.90 Å². The Bertz CT molecular complexity index is 683. The Balaban J connectivity index is 1.81. The molecule has 2 atom stereocenters. The minimum atomic E-state index is -0.458. The molecule has 1 aromatic heterocycles. The molecule has 0 saturated carbocycles. The van der Waals surface area contributed by atoms with Gasteiger partial charge in [0.05, 0.1) is 6.10 Å². The molecule has 0 bridgehead atoms. The van der Waals surface area contributed by atoms with Crippen molar-refractivity contribution in [2.75, 3.05) is 13.1 Å². The lowest BCUT2D eigenvalue weighted by atomic mass is 9.95. The van der Waals surface area contributed by atoms with E-state index >= 15 is 0 Å². The Morgan fingerprint density at radius 1 is 1.45 bits per heavy atom. The number of aliphatic hydroxyl groups is 1. The number of hydrogen-bond acceptors (Lipinski definition) is 5. The Morgan fingerprint density at radius 2 is 2.27 bits per heavy atom. The third-order valence-corrected chi connectivity index (χ3v) is 4.10. The number of carbonyl (C=O) groups is 1. The lowest BCUT2D eigenvalue weighted by Crippen LogP contribution is -2.45. The number of piperidine rings is 1. The monoisotopic (exact) mass is 301 g/mol. The van der Waals surface area contributed by atoms with Crippen LogP contribution in [0.5, 0.6) is 0 Å². The molecule has 6 nitrogen and oxygen atoms in total. The highest BCUT2D eigenvalue weighted by Crippen LogP contribution is 2.21. The summed E-state index contributed by atoms with van der Waals surface area (Å²) in [6, 6.07) is 7.17. The predicted octanol–water partition coefficient (Wildman–Crippen LogP) is 1.89. The number of aromatic nitrogens is 2. The molecule has 0 aliphatic carbocycles. The fraction of sp³-hybridized carbons (Fsp3) is 0.438. The fourth-order valence-corrected chi connectivity index (χ4v) is 2.62. The number of nitrogens with zero attached hydrogens (tertiary/aromatic N) is 3. The van der Waals surface area contributed by atoms with Crippen molar-refractivity contribution in [1.29, 1.82) is 0 Å². The SMILES string of the molecule is Cc1nc(-c2cccc(C(=O)N3CCC(C)C(O)C3)c2)no1. The van der Waals surface area contributed by atoms with E-state index in [-0.39, 0.29) is 11.8 Å². The zero-order chi connectivity index (χ0) is 15.7. The van der Waals surface area contributed by atoms with Crippen molar-refractivity contribution in [3.05, 3.63) is 35.7 Å². The van der Waals surface area contributed by atoms with Crippen molar-refractivity contribution >= 4 is 5.91 Å².